The zero-order valence-corrected chi connectivity index (χ0v) is 10.6. The first kappa shape index (κ1) is 10.9. The van der Waals surface area contributed by atoms with Crippen molar-refractivity contribution < 1.29 is 0 Å². The molecule has 2 heterocycles. The lowest BCUT2D eigenvalue weighted by Crippen LogP contribution is -2.19. The van der Waals surface area contributed by atoms with Crippen molar-refractivity contribution in [1.82, 2.24) is 15.3 Å². The number of hydrogen-bond donors (Lipinski definition) is 1. The Kier molecular flexibility index (Phi) is 2.91. The first-order chi connectivity index (χ1) is 8.33. The Morgan fingerprint density at radius 1 is 1.53 bits per heavy atom. The number of pyridine rings is 1. The first-order valence-electron chi connectivity index (χ1n) is 5.91. The minimum absolute atomic E-state index is 0.396. The maximum Gasteiger partial charge on any atom is 0.0897 e. The molecule has 0 saturated carbocycles. The summed E-state index contributed by atoms with van der Waals surface area (Å²) in [6.07, 6.45) is 4.16. The van der Waals surface area contributed by atoms with Gasteiger partial charge in [0.1, 0.15) is 0 Å². The van der Waals surface area contributed by atoms with Gasteiger partial charge in [0.05, 0.1) is 22.4 Å². The van der Waals surface area contributed by atoms with Crippen molar-refractivity contribution >= 4 is 11.3 Å². The highest BCUT2D eigenvalue weighted by Gasteiger charge is 2.22. The third-order valence-electron chi connectivity index (χ3n) is 3.15. The number of fused-ring (bicyclic) bond motifs is 1. The van der Waals surface area contributed by atoms with Crippen molar-refractivity contribution in [1.29, 1.82) is 0 Å². The van der Waals surface area contributed by atoms with Gasteiger partial charge in [0, 0.05) is 18.1 Å². The zero-order valence-electron chi connectivity index (χ0n) is 9.81. The van der Waals surface area contributed by atoms with Crippen molar-refractivity contribution in [2.45, 2.75) is 32.4 Å². The van der Waals surface area contributed by atoms with Crippen molar-refractivity contribution in [3.8, 4) is 0 Å². The summed E-state index contributed by atoms with van der Waals surface area (Å²) in [5, 5.41) is 6.80. The van der Waals surface area contributed by atoms with Crippen LogP contribution in [0.1, 0.15) is 34.4 Å². The van der Waals surface area contributed by atoms with E-state index in [9.17, 15) is 0 Å². The van der Waals surface area contributed by atoms with E-state index < -0.39 is 0 Å². The normalized spacial score (nSPS) is 18.3. The molecule has 0 fully saturated rings. The van der Waals surface area contributed by atoms with Crippen LogP contribution in [0.15, 0.2) is 23.7 Å². The van der Waals surface area contributed by atoms with Crippen LogP contribution in [0, 0.1) is 6.92 Å². The molecule has 1 atom stereocenters. The highest BCUT2D eigenvalue weighted by atomic mass is 32.1. The van der Waals surface area contributed by atoms with Crippen LogP contribution in [0.4, 0.5) is 0 Å². The summed E-state index contributed by atoms with van der Waals surface area (Å²) in [5.41, 5.74) is 3.75. The second-order valence-electron chi connectivity index (χ2n) is 4.38. The lowest BCUT2D eigenvalue weighted by atomic mass is 10.2. The van der Waals surface area contributed by atoms with Crippen LogP contribution in [-0.4, -0.2) is 9.97 Å². The Labute approximate surface area is 105 Å². The van der Waals surface area contributed by atoms with Gasteiger partial charge < -0.3 is 5.32 Å². The maximum absolute atomic E-state index is 4.48. The summed E-state index contributed by atoms with van der Waals surface area (Å²) in [4.78, 5) is 8.94. The van der Waals surface area contributed by atoms with Crippen LogP contribution in [-0.2, 0) is 13.0 Å². The molecule has 3 rings (SSSR count). The molecule has 3 nitrogen and oxygen atoms in total. The van der Waals surface area contributed by atoms with E-state index in [0.717, 1.165) is 30.1 Å². The Morgan fingerprint density at radius 3 is 3.29 bits per heavy atom. The van der Waals surface area contributed by atoms with Crippen LogP contribution in [0.25, 0.3) is 0 Å². The lowest BCUT2D eigenvalue weighted by molar-refractivity contribution is 0.517. The molecular formula is C13H15N3S. The van der Waals surface area contributed by atoms with Crippen LogP contribution in [0.5, 0.6) is 0 Å². The number of nitrogens with zero attached hydrogens (tertiary/aromatic N) is 2. The minimum atomic E-state index is 0.396. The smallest absolute Gasteiger partial charge is 0.0897 e. The quantitative estimate of drug-likeness (QED) is 0.903. The monoisotopic (exact) mass is 245 g/mol. The van der Waals surface area contributed by atoms with E-state index in [0.29, 0.717) is 6.04 Å². The van der Waals surface area contributed by atoms with E-state index in [1.807, 2.05) is 19.2 Å². The van der Waals surface area contributed by atoms with Crippen molar-refractivity contribution in [3.05, 3.63) is 45.7 Å². The van der Waals surface area contributed by atoms with Crippen LogP contribution < -0.4 is 5.32 Å². The van der Waals surface area contributed by atoms with Gasteiger partial charge >= 0.3 is 0 Å². The van der Waals surface area contributed by atoms with Gasteiger partial charge in [-0.2, -0.15) is 0 Å². The topological polar surface area (TPSA) is 37.8 Å². The van der Waals surface area contributed by atoms with Gasteiger partial charge in [-0.3, -0.25) is 4.98 Å². The molecular weight excluding hydrogens is 230 g/mol. The van der Waals surface area contributed by atoms with Crippen molar-refractivity contribution in [2.24, 2.45) is 0 Å². The zero-order chi connectivity index (χ0) is 11.7. The molecule has 1 N–H and O–H groups in total. The standard InChI is InChI=1S/C13H15N3S/c1-9-16-11(8-17-9)7-15-12-5-4-10-3-2-6-14-13(10)12/h2-3,6,8,12,15H,4-5,7H2,1H3. The van der Waals surface area contributed by atoms with E-state index in [2.05, 4.69) is 26.7 Å². The second-order valence-corrected chi connectivity index (χ2v) is 5.44. The van der Waals surface area contributed by atoms with E-state index >= 15 is 0 Å². The average Bonchev–Trinajstić information content (AvgIpc) is 2.93. The SMILES string of the molecule is Cc1nc(CNC2CCc3cccnc32)cs1. The molecule has 0 spiro atoms. The Hall–Kier alpha value is -1.26. The molecule has 0 saturated heterocycles. The summed E-state index contributed by atoms with van der Waals surface area (Å²) in [6.45, 7) is 2.88. The fourth-order valence-electron chi connectivity index (χ4n) is 2.33. The lowest BCUT2D eigenvalue weighted by Gasteiger charge is -2.11. The molecule has 0 aromatic carbocycles. The molecule has 4 heteroatoms. The molecule has 1 aliphatic carbocycles. The third kappa shape index (κ3) is 2.23. The number of aromatic nitrogens is 2. The second kappa shape index (κ2) is 4.55. The minimum Gasteiger partial charge on any atom is -0.303 e. The predicted octanol–water partition coefficient (Wildman–Crippen LogP) is 2.62. The number of nitrogens with one attached hydrogen (secondary N) is 1. The molecule has 0 radical (unpaired) electrons. The van der Waals surface area contributed by atoms with Crippen LogP contribution in [0.3, 0.4) is 0 Å². The first-order valence-corrected chi connectivity index (χ1v) is 6.79. The molecule has 0 bridgehead atoms. The number of aryl methyl sites for hydroxylation is 2. The average molecular weight is 245 g/mol. The molecule has 0 amide bonds. The van der Waals surface area contributed by atoms with Crippen LogP contribution >= 0.6 is 11.3 Å². The molecule has 88 valence electrons. The van der Waals surface area contributed by atoms with Crippen molar-refractivity contribution in [2.75, 3.05) is 0 Å². The third-order valence-corrected chi connectivity index (χ3v) is 3.98. The largest absolute Gasteiger partial charge is 0.303 e. The van der Waals surface area contributed by atoms with E-state index in [-0.39, 0.29) is 0 Å². The Morgan fingerprint density at radius 2 is 2.47 bits per heavy atom. The van der Waals surface area contributed by atoms with Gasteiger partial charge in [-0.15, -0.1) is 11.3 Å². The summed E-state index contributed by atoms with van der Waals surface area (Å²) in [6, 6.07) is 4.59. The van der Waals surface area contributed by atoms with E-state index in [1.54, 1.807) is 11.3 Å². The predicted molar refractivity (Wildman–Crippen MR) is 69.0 cm³/mol. The van der Waals surface area contributed by atoms with E-state index in [4.69, 9.17) is 0 Å². The van der Waals surface area contributed by atoms with Crippen LogP contribution in [0.2, 0.25) is 0 Å². The molecule has 1 unspecified atom stereocenters. The fraction of sp³-hybridized carbons (Fsp3) is 0.385. The van der Waals surface area contributed by atoms with Gasteiger partial charge in [-0.05, 0) is 31.4 Å². The summed E-state index contributed by atoms with van der Waals surface area (Å²) in [5.74, 6) is 0. The highest BCUT2D eigenvalue weighted by molar-refractivity contribution is 7.09. The maximum atomic E-state index is 4.48. The summed E-state index contributed by atoms with van der Waals surface area (Å²) in [7, 11) is 0. The highest BCUT2D eigenvalue weighted by Crippen LogP contribution is 2.28. The van der Waals surface area contributed by atoms with Gasteiger partial charge in [0.2, 0.25) is 0 Å². The number of rotatable bonds is 3. The Bertz CT molecular complexity index is 521. The van der Waals surface area contributed by atoms with Gasteiger partial charge in [-0.1, -0.05) is 6.07 Å². The number of hydrogen-bond acceptors (Lipinski definition) is 4. The number of thiazole rings is 1. The summed E-state index contributed by atoms with van der Waals surface area (Å²) < 4.78 is 0. The molecule has 17 heavy (non-hydrogen) atoms. The van der Waals surface area contributed by atoms with E-state index in [1.165, 1.54) is 11.3 Å². The molecule has 2 aromatic rings. The summed E-state index contributed by atoms with van der Waals surface area (Å²) >= 11 is 1.71. The fourth-order valence-corrected chi connectivity index (χ4v) is 2.94. The molecule has 0 aliphatic heterocycles. The molecule has 2 aromatic heterocycles. The van der Waals surface area contributed by atoms with Crippen molar-refractivity contribution in [3.63, 3.8) is 0 Å². The van der Waals surface area contributed by atoms with Gasteiger partial charge in [-0.25, -0.2) is 4.98 Å². The van der Waals surface area contributed by atoms with Gasteiger partial charge in [0.15, 0.2) is 0 Å². The van der Waals surface area contributed by atoms with Gasteiger partial charge in [0.25, 0.3) is 0 Å². The molecule has 1 aliphatic rings. The Balaban J connectivity index is 1.68.